The quantitative estimate of drug-likeness (QED) is 0.888. The molecule has 0 spiro atoms. The predicted octanol–water partition coefficient (Wildman–Crippen LogP) is 2.09. The molecule has 2 atom stereocenters. The highest BCUT2D eigenvalue weighted by Crippen LogP contribution is 2.35. The molecule has 0 saturated heterocycles. The molecule has 0 bridgehead atoms. The monoisotopic (exact) mass is 324 g/mol. The first-order chi connectivity index (χ1) is 10.3. The minimum absolute atomic E-state index is 0.270. The largest absolute Gasteiger partial charge is 0.481 e. The van der Waals surface area contributed by atoms with Gasteiger partial charge in [0.2, 0.25) is 5.91 Å². The lowest BCUT2D eigenvalue weighted by Crippen LogP contribution is -2.41. The number of hydrogen-bond donors (Lipinski definition) is 2. The van der Waals surface area contributed by atoms with Crippen molar-refractivity contribution in [3.8, 4) is 0 Å². The number of nitrogens with zero attached hydrogens (tertiary/aromatic N) is 1. The van der Waals surface area contributed by atoms with Crippen LogP contribution in [0.15, 0.2) is 18.2 Å². The van der Waals surface area contributed by atoms with Gasteiger partial charge in [0.1, 0.15) is 0 Å². The van der Waals surface area contributed by atoms with Crippen molar-refractivity contribution in [3.05, 3.63) is 28.8 Å². The van der Waals surface area contributed by atoms with Gasteiger partial charge in [-0.05, 0) is 31.0 Å². The topological polar surface area (TPSA) is 86.7 Å². The number of carbonyl (C=O) groups excluding carboxylic acids is 2. The highest BCUT2D eigenvalue weighted by atomic mass is 35.5. The Balaban J connectivity index is 2.14. The van der Waals surface area contributed by atoms with Crippen LogP contribution in [0.4, 0.5) is 5.69 Å². The summed E-state index contributed by atoms with van der Waals surface area (Å²) in [6.07, 6.45) is 1.07. The fraction of sp³-hybridized carbons (Fsp3) is 0.400. The number of carbonyl (C=O) groups is 3. The van der Waals surface area contributed by atoms with Gasteiger partial charge in [-0.2, -0.15) is 0 Å². The Morgan fingerprint density at radius 1 is 1.23 bits per heavy atom. The summed E-state index contributed by atoms with van der Waals surface area (Å²) >= 11 is 6.00. The maximum absolute atomic E-state index is 12.1. The number of nitrogens with one attached hydrogen (secondary N) is 1. The van der Waals surface area contributed by atoms with Crippen LogP contribution in [0.3, 0.4) is 0 Å². The van der Waals surface area contributed by atoms with Crippen molar-refractivity contribution in [2.24, 2.45) is 11.8 Å². The molecule has 1 fully saturated rings. The van der Waals surface area contributed by atoms with Crippen LogP contribution < -0.4 is 5.32 Å². The summed E-state index contributed by atoms with van der Waals surface area (Å²) < 4.78 is 0. The van der Waals surface area contributed by atoms with Gasteiger partial charge in [0, 0.05) is 19.8 Å². The van der Waals surface area contributed by atoms with E-state index in [0.29, 0.717) is 23.6 Å². The Bertz CT molecular complexity index is 630. The van der Waals surface area contributed by atoms with Crippen molar-refractivity contribution in [3.63, 3.8) is 0 Å². The molecule has 1 aliphatic carbocycles. The van der Waals surface area contributed by atoms with Crippen LogP contribution in [-0.2, 0) is 9.59 Å². The van der Waals surface area contributed by atoms with Gasteiger partial charge in [-0.3, -0.25) is 14.4 Å². The zero-order chi connectivity index (χ0) is 16.4. The summed E-state index contributed by atoms with van der Waals surface area (Å²) in [5.74, 6) is -2.72. The van der Waals surface area contributed by atoms with Crippen LogP contribution in [0.2, 0.25) is 5.02 Å². The number of amides is 2. The van der Waals surface area contributed by atoms with Gasteiger partial charge in [-0.15, -0.1) is 0 Å². The minimum Gasteiger partial charge on any atom is -0.481 e. The number of benzene rings is 1. The highest BCUT2D eigenvalue weighted by molar-refractivity contribution is 6.34. The van der Waals surface area contributed by atoms with E-state index in [0.717, 1.165) is 0 Å². The number of carboxylic acids is 1. The normalized spacial score (nSPS) is 20.0. The molecule has 22 heavy (non-hydrogen) atoms. The minimum atomic E-state index is -0.953. The molecule has 2 amide bonds. The SMILES string of the molecule is CN(C)C(=O)c1cc(NC(=O)C2CCC2C(=O)O)ccc1Cl. The van der Waals surface area contributed by atoms with Gasteiger partial charge in [0.15, 0.2) is 0 Å². The molecular weight excluding hydrogens is 308 g/mol. The van der Waals surface area contributed by atoms with Crippen molar-refractivity contribution in [2.45, 2.75) is 12.8 Å². The molecule has 1 aromatic rings. The van der Waals surface area contributed by atoms with Gasteiger partial charge in [0.05, 0.1) is 22.4 Å². The van der Waals surface area contributed by atoms with E-state index in [-0.39, 0.29) is 17.4 Å². The van der Waals surface area contributed by atoms with E-state index in [1.165, 1.54) is 17.0 Å². The van der Waals surface area contributed by atoms with Crippen LogP contribution in [0.1, 0.15) is 23.2 Å². The zero-order valence-corrected chi connectivity index (χ0v) is 13.1. The molecule has 2 rings (SSSR count). The molecule has 0 aliphatic heterocycles. The summed E-state index contributed by atoms with van der Waals surface area (Å²) in [5, 5.41) is 11.9. The third-order valence-corrected chi connectivity index (χ3v) is 4.13. The Morgan fingerprint density at radius 3 is 2.36 bits per heavy atom. The van der Waals surface area contributed by atoms with Crippen molar-refractivity contribution >= 4 is 35.1 Å². The average molecular weight is 325 g/mol. The third kappa shape index (κ3) is 3.22. The first-order valence-electron chi connectivity index (χ1n) is 6.86. The van der Waals surface area contributed by atoms with Crippen LogP contribution in [0.5, 0.6) is 0 Å². The average Bonchev–Trinajstić information content (AvgIpc) is 2.37. The zero-order valence-electron chi connectivity index (χ0n) is 12.3. The lowest BCUT2D eigenvalue weighted by molar-refractivity contribution is -0.151. The second-order valence-electron chi connectivity index (χ2n) is 5.51. The molecule has 1 aliphatic rings. The van der Waals surface area contributed by atoms with Crippen LogP contribution >= 0.6 is 11.6 Å². The van der Waals surface area contributed by atoms with E-state index < -0.39 is 17.8 Å². The number of anilines is 1. The van der Waals surface area contributed by atoms with Crippen molar-refractivity contribution in [2.75, 3.05) is 19.4 Å². The van der Waals surface area contributed by atoms with Gasteiger partial charge >= 0.3 is 5.97 Å². The van der Waals surface area contributed by atoms with E-state index >= 15 is 0 Å². The Morgan fingerprint density at radius 2 is 1.86 bits per heavy atom. The van der Waals surface area contributed by atoms with Crippen molar-refractivity contribution < 1.29 is 19.5 Å². The first-order valence-corrected chi connectivity index (χ1v) is 7.24. The number of rotatable bonds is 4. The van der Waals surface area contributed by atoms with Crippen LogP contribution in [0.25, 0.3) is 0 Å². The Kier molecular flexibility index (Phi) is 4.71. The summed E-state index contributed by atoms with van der Waals surface area (Å²) in [6.45, 7) is 0. The van der Waals surface area contributed by atoms with Crippen molar-refractivity contribution in [1.82, 2.24) is 4.90 Å². The summed E-state index contributed by atoms with van der Waals surface area (Å²) in [6, 6.07) is 4.61. The van der Waals surface area contributed by atoms with Crippen LogP contribution in [0, 0.1) is 11.8 Å². The molecule has 6 nitrogen and oxygen atoms in total. The van der Waals surface area contributed by atoms with E-state index in [4.69, 9.17) is 16.7 Å². The predicted molar refractivity (Wildman–Crippen MR) is 81.9 cm³/mol. The maximum atomic E-state index is 12.1. The molecule has 0 radical (unpaired) electrons. The smallest absolute Gasteiger partial charge is 0.307 e. The lowest BCUT2D eigenvalue weighted by atomic mass is 9.73. The van der Waals surface area contributed by atoms with E-state index in [9.17, 15) is 14.4 Å². The first kappa shape index (κ1) is 16.3. The maximum Gasteiger partial charge on any atom is 0.307 e. The molecular formula is C15H17ClN2O4. The molecule has 1 saturated carbocycles. The third-order valence-electron chi connectivity index (χ3n) is 3.80. The second kappa shape index (κ2) is 6.36. The van der Waals surface area contributed by atoms with E-state index in [1.807, 2.05) is 0 Å². The van der Waals surface area contributed by atoms with E-state index in [2.05, 4.69) is 5.32 Å². The Labute approximate surface area is 133 Å². The molecule has 0 heterocycles. The molecule has 0 aromatic heterocycles. The number of carboxylic acid groups (broad SMARTS) is 1. The lowest BCUT2D eigenvalue weighted by Gasteiger charge is -2.31. The summed E-state index contributed by atoms with van der Waals surface area (Å²) in [4.78, 5) is 36.5. The number of halogens is 1. The summed E-state index contributed by atoms with van der Waals surface area (Å²) in [7, 11) is 3.21. The molecule has 7 heteroatoms. The van der Waals surface area contributed by atoms with E-state index in [1.54, 1.807) is 20.2 Å². The molecule has 118 valence electrons. The van der Waals surface area contributed by atoms with Crippen LogP contribution in [-0.4, -0.2) is 41.9 Å². The molecule has 2 unspecified atom stereocenters. The molecule has 2 N–H and O–H groups in total. The fourth-order valence-corrected chi connectivity index (χ4v) is 2.55. The van der Waals surface area contributed by atoms with Gasteiger partial charge in [-0.1, -0.05) is 11.6 Å². The fourth-order valence-electron chi connectivity index (χ4n) is 2.35. The number of hydrogen-bond acceptors (Lipinski definition) is 3. The molecule has 1 aromatic carbocycles. The standard InChI is InChI=1S/C15H17ClN2O4/c1-18(2)14(20)11-7-8(3-6-12(11)16)17-13(19)9-4-5-10(9)15(21)22/h3,6-7,9-10H,4-5H2,1-2H3,(H,17,19)(H,21,22). The van der Waals surface area contributed by atoms with Crippen molar-refractivity contribution in [1.29, 1.82) is 0 Å². The van der Waals surface area contributed by atoms with Gasteiger partial charge < -0.3 is 15.3 Å². The van der Waals surface area contributed by atoms with Gasteiger partial charge in [-0.25, -0.2) is 0 Å². The Hall–Kier alpha value is -2.08. The van der Waals surface area contributed by atoms with Gasteiger partial charge in [0.25, 0.3) is 5.91 Å². The second-order valence-corrected chi connectivity index (χ2v) is 5.92. The number of aliphatic carboxylic acids is 1. The highest BCUT2D eigenvalue weighted by Gasteiger charge is 2.41. The summed E-state index contributed by atoms with van der Waals surface area (Å²) in [5.41, 5.74) is 0.712.